The Kier molecular flexibility index (Phi) is 7.54. The molecule has 0 radical (unpaired) electrons. The summed E-state index contributed by atoms with van der Waals surface area (Å²) in [6.45, 7) is 2.84. The van der Waals surface area contributed by atoms with Gasteiger partial charge in [-0.15, -0.1) is 0 Å². The van der Waals surface area contributed by atoms with Crippen molar-refractivity contribution in [3.8, 4) is 17.2 Å². The van der Waals surface area contributed by atoms with Gasteiger partial charge in [-0.05, 0) is 69.1 Å². The van der Waals surface area contributed by atoms with Gasteiger partial charge in [-0.3, -0.25) is 4.79 Å². The van der Waals surface area contributed by atoms with E-state index in [4.69, 9.17) is 26.4 Å². The molecule has 1 aliphatic heterocycles. The first-order chi connectivity index (χ1) is 16.4. The summed E-state index contributed by atoms with van der Waals surface area (Å²) in [5.41, 5.74) is 2.25. The Bertz CT molecular complexity index is 1210. The second-order valence-corrected chi connectivity index (χ2v) is 8.90. The third-order valence-electron chi connectivity index (χ3n) is 5.65. The van der Waals surface area contributed by atoms with Crippen LogP contribution in [-0.4, -0.2) is 61.0 Å². The molecule has 0 fully saturated rings. The summed E-state index contributed by atoms with van der Waals surface area (Å²) in [6, 6.07) is 13.4. The van der Waals surface area contributed by atoms with Crippen molar-refractivity contribution in [2.45, 2.75) is 19.5 Å². The molecule has 1 aromatic heterocycles. The van der Waals surface area contributed by atoms with Gasteiger partial charge in [0.05, 0.1) is 19.2 Å². The lowest BCUT2D eigenvalue weighted by molar-refractivity contribution is 0.174. The summed E-state index contributed by atoms with van der Waals surface area (Å²) >= 11 is 5.73. The van der Waals surface area contributed by atoms with Gasteiger partial charge in [0, 0.05) is 30.1 Å². The number of rotatable bonds is 9. The molecule has 0 atom stereocenters. The lowest BCUT2D eigenvalue weighted by atomic mass is 10.1. The zero-order chi connectivity index (χ0) is 24.1. The lowest BCUT2D eigenvalue weighted by Crippen LogP contribution is -2.40. The standard InChI is InChI=1S/C25H30N4O4S/c1-28(2)10-4-9-26-25(34)29(14-17-5-7-20(31-3)8-6-17)15-19-11-18-12-22-23(33-16-32-22)13-21(18)27-24(19)30/h5-8,11-13H,4,9-10,14-16H2,1-3H3,(H,26,34)(H,27,30). The van der Waals surface area contributed by atoms with Crippen molar-refractivity contribution in [2.24, 2.45) is 0 Å². The van der Waals surface area contributed by atoms with Gasteiger partial charge in [-0.1, -0.05) is 12.1 Å². The molecule has 2 N–H and O–H groups in total. The molecule has 2 heterocycles. The minimum absolute atomic E-state index is 0.151. The first kappa shape index (κ1) is 23.8. The molecular formula is C25H30N4O4S. The number of benzene rings is 2. The second-order valence-electron chi connectivity index (χ2n) is 8.51. The van der Waals surface area contributed by atoms with Crippen LogP contribution in [0.25, 0.3) is 10.9 Å². The average molecular weight is 483 g/mol. The minimum Gasteiger partial charge on any atom is -0.497 e. The fraction of sp³-hybridized carbons (Fsp3) is 0.360. The van der Waals surface area contributed by atoms with Crippen molar-refractivity contribution >= 4 is 28.2 Å². The number of thiocarbonyl (C=S) groups is 1. The van der Waals surface area contributed by atoms with Gasteiger partial charge in [0.1, 0.15) is 5.75 Å². The molecule has 3 aromatic rings. The number of hydrogen-bond donors (Lipinski definition) is 2. The van der Waals surface area contributed by atoms with Crippen molar-refractivity contribution < 1.29 is 14.2 Å². The van der Waals surface area contributed by atoms with E-state index in [1.54, 1.807) is 13.2 Å². The molecule has 9 heteroatoms. The number of fused-ring (bicyclic) bond motifs is 2. The van der Waals surface area contributed by atoms with Crippen LogP contribution in [0.4, 0.5) is 0 Å². The molecule has 0 amide bonds. The van der Waals surface area contributed by atoms with Crippen LogP contribution in [0.15, 0.2) is 47.3 Å². The number of aromatic nitrogens is 1. The van der Waals surface area contributed by atoms with Crippen molar-refractivity contribution in [2.75, 3.05) is 41.1 Å². The van der Waals surface area contributed by atoms with Crippen molar-refractivity contribution in [1.29, 1.82) is 0 Å². The van der Waals surface area contributed by atoms with Crippen molar-refractivity contribution in [3.05, 3.63) is 63.9 Å². The Morgan fingerprint density at radius 3 is 2.56 bits per heavy atom. The number of hydrogen-bond acceptors (Lipinski definition) is 6. The highest BCUT2D eigenvalue weighted by molar-refractivity contribution is 7.80. The molecule has 8 nitrogen and oxygen atoms in total. The van der Waals surface area contributed by atoms with Gasteiger partial charge in [0.25, 0.3) is 5.56 Å². The molecule has 4 rings (SSSR count). The Morgan fingerprint density at radius 2 is 1.85 bits per heavy atom. The first-order valence-corrected chi connectivity index (χ1v) is 11.6. The van der Waals surface area contributed by atoms with Gasteiger partial charge < -0.3 is 34.3 Å². The predicted molar refractivity (Wildman–Crippen MR) is 137 cm³/mol. The molecular weight excluding hydrogens is 452 g/mol. The lowest BCUT2D eigenvalue weighted by Gasteiger charge is -2.26. The Hall–Kier alpha value is -3.30. The fourth-order valence-electron chi connectivity index (χ4n) is 3.82. The van der Waals surface area contributed by atoms with E-state index in [1.165, 1.54) is 0 Å². The molecule has 1 aliphatic rings. The molecule has 0 unspecified atom stereocenters. The zero-order valence-corrected chi connectivity index (χ0v) is 20.5. The number of methoxy groups -OCH3 is 1. The zero-order valence-electron chi connectivity index (χ0n) is 19.7. The van der Waals surface area contributed by atoms with Gasteiger partial charge >= 0.3 is 0 Å². The maximum atomic E-state index is 12.9. The fourth-order valence-corrected chi connectivity index (χ4v) is 4.05. The summed E-state index contributed by atoms with van der Waals surface area (Å²) < 4.78 is 16.2. The number of pyridine rings is 1. The monoisotopic (exact) mass is 482 g/mol. The number of ether oxygens (including phenoxy) is 3. The predicted octanol–water partition coefficient (Wildman–Crippen LogP) is 3.09. The van der Waals surface area contributed by atoms with Crippen LogP contribution in [-0.2, 0) is 13.1 Å². The highest BCUT2D eigenvalue weighted by Crippen LogP contribution is 2.35. The highest BCUT2D eigenvalue weighted by Gasteiger charge is 2.18. The van der Waals surface area contributed by atoms with E-state index >= 15 is 0 Å². The topological polar surface area (TPSA) is 79.1 Å². The smallest absolute Gasteiger partial charge is 0.253 e. The molecule has 34 heavy (non-hydrogen) atoms. The molecule has 0 saturated heterocycles. The van der Waals surface area contributed by atoms with Gasteiger partial charge in [0.15, 0.2) is 16.6 Å². The van der Waals surface area contributed by atoms with E-state index in [1.807, 2.05) is 55.4 Å². The van der Waals surface area contributed by atoms with Crippen LogP contribution in [0.1, 0.15) is 17.5 Å². The first-order valence-electron chi connectivity index (χ1n) is 11.2. The number of H-pyrrole nitrogens is 1. The maximum Gasteiger partial charge on any atom is 0.253 e. The summed E-state index contributed by atoms with van der Waals surface area (Å²) in [5, 5.41) is 4.84. The Labute approximate surface area is 204 Å². The van der Waals surface area contributed by atoms with Crippen LogP contribution in [0.2, 0.25) is 0 Å². The van der Waals surface area contributed by atoms with E-state index in [2.05, 4.69) is 15.2 Å². The van der Waals surface area contributed by atoms with Crippen LogP contribution in [0, 0.1) is 0 Å². The molecule has 180 valence electrons. The third-order valence-corrected chi connectivity index (χ3v) is 6.06. The van der Waals surface area contributed by atoms with E-state index in [-0.39, 0.29) is 12.4 Å². The molecule has 0 bridgehead atoms. The largest absolute Gasteiger partial charge is 0.497 e. The molecule has 0 saturated carbocycles. The highest BCUT2D eigenvalue weighted by atomic mass is 32.1. The van der Waals surface area contributed by atoms with Crippen LogP contribution < -0.4 is 25.1 Å². The summed E-state index contributed by atoms with van der Waals surface area (Å²) in [4.78, 5) is 20.0. The van der Waals surface area contributed by atoms with E-state index < -0.39 is 0 Å². The van der Waals surface area contributed by atoms with Gasteiger partial charge in [-0.2, -0.15) is 0 Å². The average Bonchev–Trinajstić information content (AvgIpc) is 3.28. The van der Waals surface area contributed by atoms with Crippen molar-refractivity contribution in [1.82, 2.24) is 20.1 Å². The van der Waals surface area contributed by atoms with Crippen LogP contribution in [0.5, 0.6) is 17.2 Å². The second kappa shape index (κ2) is 10.8. The molecule has 2 aromatic carbocycles. The quantitative estimate of drug-likeness (QED) is 0.356. The Balaban J connectivity index is 1.56. The maximum absolute atomic E-state index is 12.9. The Morgan fingerprint density at radius 1 is 1.12 bits per heavy atom. The summed E-state index contributed by atoms with van der Waals surface area (Å²) in [6.07, 6.45) is 0.966. The number of nitrogens with zero attached hydrogens (tertiary/aromatic N) is 2. The molecule has 0 aliphatic carbocycles. The van der Waals surface area contributed by atoms with E-state index in [9.17, 15) is 4.79 Å². The molecule has 0 spiro atoms. The third kappa shape index (κ3) is 5.78. The van der Waals surface area contributed by atoms with Crippen LogP contribution >= 0.6 is 12.2 Å². The van der Waals surface area contributed by atoms with Crippen molar-refractivity contribution in [3.63, 3.8) is 0 Å². The summed E-state index contributed by atoms with van der Waals surface area (Å²) in [5.74, 6) is 2.11. The normalized spacial score (nSPS) is 12.2. The SMILES string of the molecule is COc1ccc(CN(Cc2cc3cc4c(cc3[nH]c2=O)OCO4)C(=S)NCCCN(C)C)cc1. The van der Waals surface area contributed by atoms with Crippen LogP contribution in [0.3, 0.4) is 0 Å². The number of aromatic amines is 1. The van der Waals surface area contributed by atoms with Gasteiger partial charge in [-0.25, -0.2) is 0 Å². The van der Waals surface area contributed by atoms with E-state index in [0.717, 1.165) is 36.2 Å². The minimum atomic E-state index is -0.151. The summed E-state index contributed by atoms with van der Waals surface area (Å²) in [7, 11) is 5.74. The van der Waals surface area contributed by atoms with E-state index in [0.29, 0.717) is 40.8 Å². The van der Waals surface area contributed by atoms with Gasteiger partial charge in [0.2, 0.25) is 6.79 Å². The number of nitrogens with one attached hydrogen (secondary N) is 2.